The number of hydrogen-bond donors (Lipinski definition) is 0. The Hall–Kier alpha value is -2.61. The second-order valence-electron chi connectivity index (χ2n) is 4.95. The highest BCUT2D eigenvalue weighted by Gasteiger charge is 2.20. The fourth-order valence-electron chi connectivity index (χ4n) is 2.73. The van der Waals surface area contributed by atoms with Crippen molar-refractivity contribution in [1.29, 1.82) is 5.26 Å². The monoisotopic (exact) mass is 280 g/mol. The summed E-state index contributed by atoms with van der Waals surface area (Å²) in [5.74, 6) is 1.00. The van der Waals surface area contributed by atoms with E-state index in [2.05, 4.69) is 45.2 Å². The molecule has 2 heterocycles. The summed E-state index contributed by atoms with van der Waals surface area (Å²) in [7, 11) is 1.52. The van der Waals surface area contributed by atoms with Crippen LogP contribution in [0.5, 0.6) is 5.88 Å². The van der Waals surface area contributed by atoms with Crippen LogP contribution < -0.4 is 9.64 Å². The minimum atomic E-state index is 0.337. The molecule has 0 saturated carbocycles. The third-order valence-corrected chi connectivity index (χ3v) is 3.82. The van der Waals surface area contributed by atoms with E-state index in [1.54, 1.807) is 0 Å². The van der Waals surface area contributed by atoms with Gasteiger partial charge >= 0.3 is 0 Å². The molecule has 0 bridgehead atoms. The summed E-state index contributed by atoms with van der Waals surface area (Å²) in [5.41, 5.74) is 3.16. The van der Waals surface area contributed by atoms with Gasteiger partial charge in [0.2, 0.25) is 5.88 Å². The summed E-state index contributed by atoms with van der Waals surface area (Å²) in [4.78, 5) is 10.4. The third-order valence-electron chi connectivity index (χ3n) is 3.82. The molecule has 5 nitrogen and oxygen atoms in total. The number of rotatable bonds is 2. The molecule has 106 valence electrons. The SMILES string of the molecule is COc1ncnc(N2CCc3ccccc3CC2)c1C#N. The van der Waals surface area contributed by atoms with Crippen molar-refractivity contribution in [3.8, 4) is 11.9 Å². The van der Waals surface area contributed by atoms with Gasteiger partial charge in [0.15, 0.2) is 11.4 Å². The smallest absolute Gasteiger partial charge is 0.236 e. The lowest BCUT2D eigenvalue weighted by atomic mass is 10.0. The van der Waals surface area contributed by atoms with Crippen molar-refractivity contribution in [3.05, 3.63) is 47.3 Å². The molecule has 0 spiro atoms. The van der Waals surface area contributed by atoms with Gasteiger partial charge in [-0.15, -0.1) is 0 Å². The number of ether oxygens (including phenoxy) is 1. The van der Waals surface area contributed by atoms with E-state index >= 15 is 0 Å². The van der Waals surface area contributed by atoms with Crippen LogP contribution in [0.4, 0.5) is 5.82 Å². The fraction of sp³-hybridized carbons (Fsp3) is 0.312. The minimum absolute atomic E-state index is 0.337. The predicted molar refractivity (Wildman–Crippen MR) is 79.4 cm³/mol. The molecule has 0 saturated heterocycles. The molecule has 1 aliphatic heterocycles. The maximum atomic E-state index is 9.37. The molecule has 0 amide bonds. The van der Waals surface area contributed by atoms with E-state index in [4.69, 9.17) is 4.74 Å². The van der Waals surface area contributed by atoms with Crippen LogP contribution in [0.3, 0.4) is 0 Å². The number of hydrogen-bond acceptors (Lipinski definition) is 5. The Morgan fingerprint density at radius 2 is 1.81 bits per heavy atom. The van der Waals surface area contributed by atoms with Crippen molar-refractivity contribution < 1.29 is 4.74 Å². The number of benzene rings is 1. The zero-order valence-electron chi connectivity index (χ0n) is 11.9. The van der Waals surface area contributed by atoms with E-state index in [0.29, 0.717) is 17.3 Å². The maximum Gasteiger partial charge on any atom is 0.236 e. The van der Waals surface area contributed by atoms with Gasteiger partial charge in [-0.2, -0.15) is 5.26 Å². The Balaban J connectivity index is 1.92. The van der Waals surface area contributed by atoms with Gasteiger partial charge in [-0.05, 0) is 24.0 Å². The fourth-order valence-corrected chi connectivity index (χ4v) is 2.73. The molecule has 0 atom stereocenters. The Labute approximate surface area is 123 Å². The summed E-state index contributed by atoms with van der Waals surface area (Å²) in [6.45, 7) is 1.68. The van der Waals surface area contributed by atoms with Crippen LogP contribution in [-0.4, -0.2) is 30.2 Å². The van der Waals surface area contributed by atoms with Gasteiger partial charge < -0.3 is 9.64 Å². The van der Waals surface area contributed by atoms with Crippen molar-refractivity contribution in [2.45, 2.75) is 12.8 Å². The summed E-state index contributed by atoms with van der Waals surface area (Å²) >= 11 is 0. The molecule has 2 aromatic rings. The number of anilines is 1. The molecule has 3 rings (SSSR count). The van der Waals surface area contributed by atoms with Gasteiger partial charge in [0.05, 0.1) is 7.11 Å². The molecule has 0 unspecified atom stereocenters. The molecule has 0 fully saturated rings. The van der Waals surface area contributed by atoms with Crippen molar-refractivity contribution in [3.63, 3.8) is 0 Å². The van der Waals surface area contributed by atoms with E-state index in [1.807, 2.05) is 0 Å². The average molecular weight is 280 g/mol. The molecule has 0 aliphatic carbocycles. The van der Waals surface area contributed by atoms with Crippen molar-refractivity contribution >= 4 is 5.82 Å². The van der Waals surface area contributed by atoms with Gasteiger partial charge in [-0.25, -0.2) is 9.97 Å². The number of aromatic nitrogens is 2. The lowest BCUT2D eigenvalue weighted by Crippen LogP contribution is -2.28. The summed E-state index contributed by atoms with van der Waals surface area (Å²) in [6.07, 6.45) is 3.35. The number of nitriles is 1. The topological polar surface area (TPSA) is 62.0 Å². The zero-order chi connectivity index (χ0) is 14.7. The van der Waals surface area contributed by atoms with Crippen LogP contribution in [0.15, 0.2) is 30.6 Å². The molecule has 5 heteroatoms. The first-order chi connectivity index (χ1) is 10.3. The standard InChI is InChI=1S/C16H16N4O/c1-21-16-14(10-17)15(18-11-19-16)20-8-6-12-4-2-3-5-13(12)7-9-20/h2-5,11H,6-9H2,1H3. The van der Waals surface area contributed by atoms with Crippen LogP contribution in [0.1, 0.15) is 16.7 Å². The van der Waals surface area contributed by atoms with Gasteiger partial charge in [0.1, 0.15) is 12.4 Å². The van der Waals surface area contributed by atoms with Crippen LogP contribution in [-0.2, 0) is 12.8 Å². The second kappa shape index (κ2) is 5.80. The summed E-state index contributed by atoms with van der Waals surface area (Å²) in [6, 6.07) is 10.6. The van der Waals surface area contributed by atoms with Gasteiger partial charge in [-0.3, -0.25) is 0 Å². The van der Waals surface area contributed by atoms with E-state index in [-0.39, 0.29) is 0 Å². The van der Waals surface area contributed by atoms with E-state index in [9.17, 15) is 5.26 Å². The van der Waals surface area contributed by atoms with Crippen molar-refractivity contribution in [2.75, 3.05) is 25.1 Å². The summed E-state index contributed by atoms with van der Waals surface area (Å²) in [5, 5.41) is 9.37. The van der Waals surface area contributed by atoms with E-state index in [1.165, 1.54) is 24.6 Å². The Morgan fingerprint density at radius 3 is 2.38 bits per heavy atom. The summed E-state index contributed by atoms with van der Waals surface area (Å²) < 4.78 is 5.16. The highest BCUT2D eigenvalue weighted by Crippen LogP contribution is 2.26. The number of methoxy groups -OCH3 is 1. The Bertz CT molecular complexity index is 666. The molecule has 21 heavy (non-hydrogen) atoms. The molecular weight excluding hydrogens is 264 g/mol. The first-order valence-electron chi connectivity index (χ1n) is 6.94. The number of nitrogens with zero attached hydrogens (tertiary/aromatic N) is 4. The molecule has 1 aliphatic rings. The van der Waals surface area contributed by atoms with Crippen molar-refractivity contribution in [1.82, 2.24) is 9.97 Å². The average Bonchev–Trinajstić information content (AvgIpc) is 2.76. The van der Waals surface area contributed by atoms with Gasteiger partial charge in [-0.1, -0.05) is 24.3 Å². The quantitative estimate of drug-likeness (QED) is 0.841. The molecular formula is C16H16N4O. The minimum Gasteiger partial charge on any atom is -0.480 e. The highest BCUT2D eigenvalue weighted by molar-refractivity contribution is 5.58. The normalized spacial score (nSPS) is 14.0. The molecule has 0 radical (unpaired) electrons. The number of fused-ring (bicyclic) bond motifs is 1. The molecule has 0 N–H and O–H groups in total. The predicted octanol–water partition coefficient (Wildman–Crippen LogP) is 1.96. The molecule has 1 aromatic carbocycles. The lowest BCUT2D eigenvalue weighted by Gasteiger charge is -2.22. The van der Waals surface area contributed by atoms with Gasteiger partial charge in [0, 0.05) is 13.1 Å². The third kappa shape index (κ3) is 2.52. The maximum absolute atomic E-state index is 9.37. The molecule has 1 aromatic heterocycles. The van der Waals surface area contributed by atoms with Gasteiger partial charge in [0.25, 0.3) is 0 Å². The van der Waals surface area contributed by atoms with Crippen molar-refractivity contribution in [2.24, 2.45) is 0 Å². The highest BCUT2D eigenvalue weighted by atomic mass is 16.5. The second-order valence-corrected chi connectivity index (χ2v) is 4.95. The first kappa shape index (κ1) is 13.4. The van der Waals surface area contributed by atoms with Crippen LogP contribution in [0.25, 0.3) is 0 Å². The zero-order valence-corrected chi connectivity index (χ0v) is 11.9. The largest absolute Gasteiger partial charge is 0.480 e. The van der Waals surface area contributed by atoms with E-state index < -0.39 is 0 Å². The first-order valence-corrected chi connectivity index (χ1v) is 6.94. The Morgan fingerprint density at radius 1 is 1.14 bits per heavy atom. The lowest BCUT2D eigenvalue weighted by molar-refractivity contribution is 0.395. The Kier molecular flexibility index (Phi) is 3.69. The van der Waals surface area contributed by atoms with Crippen LogP contribution >= 0.6 is 0 Å². The van der Waals surface area contributed by atoms with E-state index in [0.717, 1.165) is 25.9 Å². The van der Waals surface area contributed by atoms with Crippen LogP contribution in [0.2, 0.25) is 0 Å². The van der Waals surface area contributed by atoms with Crippen LogP contribution in [0, 0.1) is 11.3 Å².